The first-order valence-electron chi connectivity index (χ1n) is 6.28. The predicted octanol–water partition coefficient (Wildman–Crippen LogP) is 2.23. The zero-order valence-electron chi connectivity index (χ0n) is 9.67. The van der Waals surface area contributed by atoms with E-state index in [-0.39, 0.29) is 6.03 Å². The summed E-state index contributed by atoms with van der Waals surface area (Å²) in [5.74, 6) is 1.43. The quantitative estimate of drug-likeness (QED) is 0.744. The van der Waals surface area contributed by atoms with Gasteiger partial charge in [-0.2, -0.15) is 0 Å². The van der Waals surface area contributed by atoms with Crippen LogP contribution in [0.1, 0.15) is 39.0 Å². The lowest BCUT2D eigenvalue weighted by atomic mass is 9.85. The van der Waals surface area contributed by atoms with Gasteiger partial charge < -0.3 is 10.2 Å². The zero-order valence-corrected chi connectivity index (χ0v) is 9.67. The van der Waals surface area contributed by atoms with Gasteiger partial charge in [-0.25, -0.2) is 4.79 Å². The number of amides is 2. The third kappa shape index (κ3) is 2.86. The van der Waals surface area contributed by atoms with E-state index in [9.17, 15) is 4.79 Å². The van der Waals surface area contributed by atoms with Gasteiger partial charge >= 0.3 is 6.03 Å². The first-order chi connectivity index (χ1) is 7.25. The van der Waals surface area contributed by atoms with Gasteiger partial charge in [0.2, 0.25) is 0 Å². The number of hydrogen-bond acceptors (Lipinski definition) is 1. The van der Waals surface area contributed by atoms with E-state index in [1.54, 1.807) is 0 Å². The van der Waals surface area contributed by atoms with Gasteiger partial charge in [0.25, 0.3) is 0 Å². The summed E-state index contributed by atoms with van der Waals surface area (Å²) in [6, 6.07) is 0.161. The molecule has 3 nitrogen and oxygen atoms in total. The summed E-state index contributed by atoms with van der Waals surface area (Å²) in [6.45, 7) is 5.01. The van der Waals surface area contributed by atoms with E-state index < -0.39 is 0 Å². The smallest absolute Gasteiger partial charge is 0.317 e. The van der Waals surface area contributed by atoms with Gasteiger partial charge in [0.15, 0.2) is 0 Å². The second kappa shape index (κ2) is 4.86. The van der Waals surface area contributed by atoms with Gasteiger partial charge in [-0.15, -0.1) is 0 Å². The van der Waals surface area contributed by atoms with Crippen molar-refractivity contribution in [3.05, 3.63) is 0 Å². The van der Waals surface area contributed by atoms with E-state index in [2.05, 4.69) is 12.2 Å². The van der Waals surface area contributed by atoms with Crippen LogP contribution < -0.4 is 5.32 Å². The average Bonchev–Trinajstić information content (AvgIpc) is 2.15. The summed E-state index contributed by atoms with van der Waals surface area (Å²) in [6.07, 6.45) is 6.39. The van der Waals surface area contributed by atoms with Gasteiger partial charge in [-0.05, 0) is 37.5 Å². The molecule has 1 saturated heterocycles. The minimum atomic E-state index is 0.161. The van der Waals surface area contributed by atoms with Gasteiger partial charge in [0.05, 0.1) is 0 Å². The highest BCUT2D eigenvalue weighted by Crippen LogP contribution is 2.25. The number of nitrogens with zero attached hydrogens (tertiary/aromatic N) is 1. The van der Waals surface area contributed by atoms with Crippen LogP contribution >= 0.6 is 0 Å². The van der Waals surface area contributed by atoms with Crippen molar-refractivity contribution in [3.63, 3.8) is 0 Å². The lowest BCUT2D eigenvalue weighted by Gasteiger charge is -2.32. The van der Waals surface area contributed by atoms with Crippen molar-refractivity contribution in [3.8, 4) is 0 Å². The minimum Gasteiger partial charge on any atom is -0.338 e. The number of urea groups is 1. The Kier molecular flexibility index (Phi) is 3.49. The van der Waals surface area contributed by atoms with Crippen LogP contribution in [0.4, 0.5) is 4.79 Å². The fourth-order valence-electron chi connectivity index (χ4n) is 2.41. The fourth-order valence-corrected chi connectivity index (χ4v) is 2.41. The Bertz CT molecular complexity index is 226. The first-order valence-corrected chi connectivity index (χ1v) is 6.28. The summed E-state index contributed by atoms with van der Waals surface area (Å²) in [4.78, 5) is 13.8. The molecule has 1 heterocycles. The highest BCUT2D eigenvalue weighted by molar-refractivity contribution is 5.74. The molecule has 0 bridgehead atoms. The SMILES string of the molecule is CC1CCCN(C(=O)NCC2CCC2)C1. The predicted molar refractivity (Wildman–Crippen MR) is 60.7 cm³/mol. The molecule has 0 radical (unpaired) electrons. The standard InChI is InChI=1S/C12H22N2O/c1-10-4-3-7-14(9-10)12(15)13-8-11-5-2-6-11/h10-11H,2-9H2,1H3,(H,13,15). The van der Waals surface area contributed by atoms with Crippen LogP contribution in [-0.2, 0) is 0 Å². The Morgan fingerprint density at radius 3 is 2.73 bits per heavy atom. The molecule has 0 aromatic carbocycles. The van der Waals surface area contributed by atoms with E-state index in [0.29, 0.717) is 5.92 Å². The maximum Gasteiger partial charge on any atom is 0.317 e. The average molecular weight is 210 g/mol. The number of piperidine rings is 1. The maximum atomic E-state index is 11.8. The van der Waals surface area contributed by atoms with Crippen LogP contribution in [0.2, 0.25) is 0 Å². The number of carbonyl (C=O) groups excluding carboxylic acids is 1. The molecule has 1 atom stereocenters. The van der Waals surface area contributed by atoms with Gasteiger partial charge in [0, 0.05) is 19.6 Å². The van der Waals surface area contributed by atoms with Crippen LogP contribution in [-0.4, -0.2) is 30.6 Å². The first kappa shape index (κ1) is 10.8. The second-order valence-corrected chi connectivity index (χ2v) is 5.18. The monoisotopic (exact) mass is 210 g/mol. The largest absolute Gasteiger partial charge is 0.338 e. The highest BCUT2D eigenvalue weighted by Gasteiger charge is 2.22. The highest BCUT2D eigenvalue weighted by atomic mass is 16.2. The summed E-state index contributed by atoms with van der Waals surface area (Å²) in [5, 5.41) is 3.06. The van der Waals surface area contributed by atoms with E-state index in [1.165, 1.54) is 25.7 Å². The molecular weight excluding hydrogens is 188 g/mol. The Balaban J connectivity index is 1.69. The lowest BCUT2D eigenvalue weighted by molar-refractivity contribution is 0.165. The van der Waals surface area contributed by atoms with Crippen LogP contribution in [0.15, 0.2) is 0 Å². The van der Waals surface area contributed by atoms with Crippen LogP contribution in [0, 0.1) is 11.8 Å². The van der Waals surface area contributed by atoms with Gasteiger partial charge in [-0.1, -0.05) is 13.3 Å². The Hall–Kier alpha value is -0.730. The molecular formula is C12H22N2O. The molecule has 0 aromatic heterocycles. The molecule has 1 aliphatic carbocycles. The van der Waals surface area contributed by atoms with Crippen molar-refractivity contribution >= 4 is 6.03 Å². The fraction of sp³-hybridized carbons (Fsp3) is 0.917. The molecule has 1 aliphatic heterocycles. The molecule has 1 saturated carbocycles. The molecule has 0 spiro atoms. The Morgan fingerprint density at radius 2 is 2.13 bits per heavy atom. The molecule has 0 aromatic rings. The lowest BCUT2D eigenvalue weighted by Crippen LogP contribution is -2.46. The number of likely N-dealkylation sites (tertiary alicyclic amines) is 1. The van der Waals surface area contributed by atoms with Crippen molar-refractivity contribution in [2.24, 2.45) is 11.8 Å². The topological polar surface area (TPSA) is 32.3 Å². The molecule has 15 heavy (non-hydrogen) atoms. The number of carbonyl (C=O) groups is 1. The van der Waals surface area contributed by atoms with Crippen LogP contribution in [0.25, 0.3) is 0 Å². The van der Waals surface area contributed by atoms with E-state index in [4.69, 9.17) is 0 Å². The van der Waals surface area contributed by atoms with Crippen LogP contribution in [0.5, 0.6) is 0 Å². The third-order valence-electron chi connectivity index (χ3n) is 3.71. The third-order valence-corrected chi connectivity index (χ3v) is 3.71. The summed E-state index contributed by atoms with van der Waals surface area (Å²) >= 11 is 0. The van der Waals surface area contributed by atoms with Crippen molar-refractivity contribution in [1.82, 2.24) is 10.2 Å². The molecule has 2 rings (SSSR count). The zero-order chi connectivity index (χ0) is 10.7. The van der Waals surface area contributed by atoms with Crippen molar-refractivity contribution in [2.45, 2.75) is 39.0 Å². The summed E-state index contributed by atoms with van der Waals surface area (Å²) in [7, 11) is 0. The van der Waals surface area contributed by atoms with Crippen molar-refractivity contribution in [2.75, 3.05) is 19.6 Å². The molecule has 1 unspecified atom stereocenters. The summed E-state index contributed by atoms with van der Waals surface area (Å²) in [5.41, 5.74) is 0. The molecule has 3 heteroatoms. The van der Waals surface area contributed by atoms with Crippen molar-refractivity contribution in [1.29, 1.82) is 0 Å². The number of nitrogens with one attached hydrogen (secondary N) is 1. The maximum absolute atomic E-state index is 11.8. The van der Waals surface area contributed by atoms with Crippen molar-refractivity contribution < 1.29 is 4.79 Å². The molecule has 86 valence electrons. The number of rotatable bonds is 2. The Morgan fingerprint density at radius 1 is 1.33 bits per heavy atom. The van der Waals surface area contributed by atoms with E-state index in [0.717, 1.165) is 32.0 Å². The molecule has 1 N–H and O–H groups in total. The molecule has 2 aliphatic rings. The van der Waals surface area contributed by atoms with Gasteiger partial charge in [0.1, 0.15) is 0 Å². The molecule has 2 amide bonds. The summed E-state index contributed by atoms with van der Waals surface area (Å²) < 4.78 is 0. The van der Waals surface area contributed by atoms with Gasteiger partial charge in [-0.3, -0.25) is 0 Å². The second-order valence-electron chi connectivity index (χ2n) is 5.18. The Labute approximate surface area is 92.2 Å². The van der Waals surface area contributed by atoms with E-state index >= 15 is 0 Å². The normalized spacial score (nSPS) is 27.3. The minimum absolute atomic E-state index is 0.161. The number of hydrogen-bond donors (Lipinski definition) is 1. The van der Waals surface area contributed by atoms with E-state index in [1.807, 2.05) is 4.90 Å². The van der Waals surface area contributed by atoms with Crippen LogP contribution in [0.3, 0.4) is 0 Å². The molecule has 2 fully saturated rings.